The lowest BCUT2D eigenvalue weighted by atomic mass is 9.94. The van der Waals surface area contributed by atoms with Crippen LogP contribution < -0.4 is 15.5 Å². The zero-order valence-corrected chi connectivity index (χ0v) is 22.3. The molecule has 0 radical (unpaired) electrons. The van der Waals surface area contributed by atoms with Crippen molar-refractivity contribution in [3.05, 3.63) is 82.4 Å². The van der Waals surface area contributed by atoms with Crippen LogP contribution in [0.2, 0.25) is 0 Å². The van der Waals surface area contributed by atoms with Gasteiger partial charge in [0.2, 0.25) is 5.95 Å². The SMILES string of the molecule is Cc1cc(Nc2ncc3c(n2)N2CCN=C2C(c2cc(NC(=O)c4cc(C(F)(F)F)ccn4)ccc2C)=C3)n(C)n1. The van der Waals surface area contributed by atoms with Crippen molar-refractivity contribution in [2.24, 2.45) is 12.0 Å². The van der Waals surface area contributed by atoms with Gasteiger partial charge in [-0.15, -0.1) is 0 Å². The molecule has 0 aliphatic carbocycles. The number of carbonyl (C=O) groups is 1. The van der Waals surface area contributed by atoms with Crippen LogP contribution in [0.15, 0.2) is 53.8 Å². The number of rotatable bonds is 5. The standard InChI is InChI=1S/C28H24F3N9O/c1-15-4-5-19(35-26(41)22-12-18(6-7-32-22)28(29,30)31)13-20(15)21-11-17-14-34-27(36-23-10-16(2)38-39(23)3)37-24(17)40-9-8-33-25(21)40/h4-7,10-14H,8-9H2,1-3H3,(H,35,41)(H,34,36,37). The van der Waals surface area contributed by atoms with Crippen LogP contribution in [0.5, 0.6) is 0 Å². The molecule has 0 atom stereocenters. The molecule has 0 unspecified atom stereocenters. The normalized spacial score (nSPS) is 14.2. The fourth-order valence-electron chi connectivity index (χ4n) is 4.82. The van der Waals surface area contributed by atoms with Gasteiger partial charge in [-0.05, 0) is 55.3 Å². The number of hydrogen-bond acceptors (Lipinski definition) is 8. The molecule has 3 aromatic heterocycles. The maximum Gasteiger partial charge on any atom is 0.416 e. The number of nitrogens with one attached hydrogen (secondary N) is 2. The van der Waals surface area contributed by atoms with Crippen LogP contribution in [-0.4, -0.2) is 49.6 Å². The lowest BCUT2D eigenvalue weighted by molar-refractivity contribution is -0.137. The van der Waals surface area contributed by atoms with E-state index in [0.29, 0.717) is 24.7 Å². The summed E-state index contributed by atoms with van der Waals surface area (Å²) in [6.45, 7) is 5.06. The number of aromatic nitrogens is 5. The van der Waals surface area contributed by atoms with Crippen molar-refractivity contribution in [3.8, 4) is 0 Å². The first-order valence-electron chi connectivity index (χ1n) is 12.7. The first kappa shape index (κ1) is 26.2. The molecule has 10 nitrogen and oxygen atoms in total. The average molecular weight is 560 g/mol. The van der Waals surface area contributed by atoms with Gasteiger partial charge < -0.3 is 15.5 Å². The summed E-state index contributed by atoms with van der Waals surface area (Å²) in [6.07, 6.45) is 0.0838. The summed E-state index contributed by atoms with van der Waals surface area (Å²) in [6, 6.07) is 8.76. The molecule has 208 valence electrons. The molecular weight excluding hydrogens is 535 g/mol. The van der Waals surface area contributed by atoms with Crippen LogP contribution in [0, 0.1) is 13.8 Å². The highest BCUT2D eigenvalue weighted by molar-refractivity contribution is 6.36. The quantitative estimate of drug-likeness (QED) is 0.354. The van der Waals surface area contributed by atoms with E-state index in [1.165, 1.54) is 0 Å². The van der Waals surface area contributed by atoms with Crippen LogP contribution in [0.25, 0.3) is 11.6 Å². The number of halogens is 3. The van der Waals surface area contributed by atoms with Gasteiger partial charge >= 0.3 is 6.18 Å². The molecule has 0 saturated carbocycles. The van der Waals surface area contributed by atoms with E-state index in [0.717, 1.165) is 63.8 Å². The minimum Gasteiger partial charge on any atom is -0.321 e. The number of alkyl halides is 3. The number of aliphatic imine (C=N–C) groups is 1. The molecule has 2 N–H and O–H groups in total. The smallest absolute Gasteiger partial charge is 0.321 e. The fourth-order valence-corrected chi connectivity index (χ4v) is 4.82. The predicted octanol–water partition coefficient (Wildman–Crippen LogP) is 5.01. The van der Waals surface area contributed by atoms with Crippen LogP contribution in [0.3, 0.4) is 0 Å². The van der Waals surface area contributed by atoms with Gasteiger partial charge in [0.15, 0.2) is 0 Å². The highest BCUT2D eigenvalue weighted by Crippen LogP contribution is 2.37. The monoisotopic (exact) mass is 559 g/mol. The van der Waals surface area contributed by atoms with Gasteiger partial charge in [-0.1, -0.05) is 6.07 Å². The number of amidine groups is 1. The number of pyridine rings is 1. The second-order valence-electron chi connectivity index (χ2n) is 9.72. The van der Waals surface area contributed by atoms with Gasteiger partial charge in [-0.25, -0.2) is 4.98 Å². The lowest BCUT2D eigenvalue weighted by Gasteiger charge is -2.28. The summed E-state index contributed by atoms with van der Waals surface area (Å²) >= 11 is 0. The molecule has 13 heteroatoms. The van der Waals surface area contributed by atoms with E-state index in [4.69, 9.17) is 9.98 Å². The summed E-state index contributed by atoms with van der Waals surface area (Å²) in [5, 5.41) is 10.2. The van der Waals surface area contributed by atoms with Crippen molar-refractivity contribution in [1.29, 1.82) is 0 Å². The van der Waals surface area contributed by atoms with E-state index < -0.39 is 17.6 Å². The molecule has 1 aromatic carbocycles. The Morgan fingerprint density at radius 3 is 2.66 bits per heavy atom. The van der Waals surface area contributed by atoms with Crippen LogP contribution in [0.4, 0.5) is 36.4 Å². The van der Waals surface area contributed by atoms with E-state index in [9.17, 15) is 18.0 Å². The number of hydrogen-bond donors (Lipinski definition) is 2. The summed E-state index contributed by atoms with van der Waals surface area (Å²) in [5.41, 5.74) is 3.37. The Morgan fingerprint density at radius 1 is 1.07 bits per heavy atom. The third kappa shape index (κ3) is 5.01. The molecule has 0 saturated heterocycles. The van der Waals surface area contributed by atoms with Crippen molar-refractivity contribution in [1.82, 2.24) is 24.7 Å². The number of fused-ring (bicyclic) bond motifs is 3. The minimum absolute atomic E-state index is 0.332. The third-order valence-electron chi connectivity index (χ3n) is 6.78. The summed E-state index contributed by atoms with van der Waals surface area (Å²) in [4.78, 5) is 32.6. The molecule has 1 amide bonds. The van der Waals surface area contributed by atoms with E-state index in [-0.39, 0.29) is 5.69 Å². The predicted molar refractivity (Wildman–Crippen MR) is 149 cm³/mol. The van der Waals surface area contributed by atoms with Crippen molar-refractivity contribution in [2.45, 2.75) is 20.0 Å². The molecule has 6 rings (SSSR count). The highest BCUT2D eigenvalue weighted by Gasteiger charge is 2.32. The molecule has 0 spiro atoms. The van der Waals surface area contributed by atoms with Gasteiger partial charge in [0.25, 0.3) is 5.91 Å². The van der Waals surface area contributed by atoms with Crippen molar-refractivity contribution < 1.29 is 18.0 Å². The van der Waals surface area contributed by atoms with Gasteiger partial charge in [0.1, 0.15) is 23.2 Å². The van der Waals surface area contributed by atoms with Crippen molar-refractivity contribution in [2.75, 3.05) is 28.6 Å². The zero-order chi connectivity index (χ0) is 28.9. The molecule has 41 heavy (non-hydrogen) atoms. The second-order valence-corrected chi connectivity index (χ2v) is 9.72. The number of anilines is 4. The lowest BCUT2D eigenvalue weighted by Crippen LogP contribution is -2.32. The highest BCUT2D eigenvalue weighted by atomic mass is 19.4. The van der Waals surface area contributed by atoms with E-state index in [1.54, 1.807) is 23.0 Å². The Morgan fingerprint density at radius 2 is 1.90 bits per heavy atom. The number of amides is 1. The number of benzene rings is 1. The topological polar surface area (TPSA) is 113 Å². The Bertz CT molecular complexity index is 1760. The van der Waals surface area contributed by atoms with Gasteiger partial charge in [-0.3, -0.25) is 19.5 Å². The first-order chi connectivity index (χ1) is 19.6. The molecule has 2 aliphatic heterocycles. The molecular formula is C28H24F3N9O. The van der Waals surface area contributed by atoms with E-state index >= 15 is 0 Å². The van der Waals surface area contributed by atoms with Gasteiger partial charge in [0.05, 0.1) is 17.8 Å². The molecule has 5 heterocycles. The number of carbonyl (C=O) groups excluding carboxylic acids is 1. The van der Waals surface area contributed by atoms with E-state index in [1.807, 2.05) is 44.0 Å². The minimum atomic E-state index is -4.58. The van der Waals surface area contributed by atoms with Crippen LogP contribution in [-0.2, 0) is 13.2 Å². The maximum absolute atomic E-state index is 13.1. The maximum atomic E-state index is 13.1. The van der Waals surface area contributed by atoms with E-state index in [2.05, 4.69) is 25.7 Å². The van der Waals surface area contributed by atoms with Crippen LogP contribution in [0.1, 0.15) is 38.4 Å². The zero-order valence-electron chi connectivity index (χ0n) is 22.3. The summed E-state index contributed by atoms with van der Waals surface area (Å²) in [7, 11) is 1.84. The van der Waals surface area contributed by atoms with Crippen LogP contribution >= 0.6 is 0 Å². The number of aryl methyl sites for hydroxylation is 3. The summed E-state index contributed by atoms with van der Waals surface area (Å²) < 4.78 is 41.1. The average Bonchev–Trinajstić information content (AvgIpc) is 3.55. The fraction of sp³-hybridized carbons (Fsp3) is 0.214. The largest absolute Gasteiger partial charge is 0.416 e. The Hall–Kier alpha value is -5.07. The molecule has 0 bridgehead atoms. The van der Waals surface area contributed by atoms with Crippen molar-refractivity contribution in [3.63, 3.8) is 0 Å². The van der Waals surface area contributed by atoms with Gasteiger partial charge in [0, 0.05) is 48.9 Å². The third-order valence-corrected chi connectivity index (χ3v) is 6.78. The second kappa shape index (κ2) is 9.84. The van der Waals surface area contributed by atoms with Crippen molar-refractivity contribution >= 4 is 46.7 Å². The first-order valence-corrected chi connectivity index (χ1v) is 12.7. The Kier molecular flexibility index (Phi) is 6.28. The van der Waals surface area contributed by atoms with Gasteiger partial charge in [-0.2, -0.15) is 23.3 Å². The Labute approximate surface area is 232 Å². The summed E-state index contributed by atoms with van der Waals surface area (Å²) in [5.74, 6) is 1.91. The molecule has 0 fully saturated rings. The molecule has 4 aromatic rings. The number of nitrogens with zero attached hydrogens (tertiary/aromatic N) is 7. The Balaban J connectivity index is 1.31. The molecule has 2 aliphatic rings.